The second kappa shape index (κ2) is 6.46. The lowest BCUT2D eigenvalue weighted by molar-refractivity contribution is -0.130. The Hall–Kier alpha value is -0.910. The topological polar surface area (TPSA) is 35.6 Å². The molecule has 1 aliphatic carbocycles. The van der Waals surface area contributed by atoms with Gasteiger partial charge in [-0.1, -0.05) is 19.9 Å². The first kappa shape index (κ1) is 15.0. The molecule has 0 radical (unpaired) electrons. The fourth-order valence-electron chi connectivity index (χ4n) is 3.17. The Labute approximate surface area is 131 Å². The quantitative estimate of drug-likeness (QED) is 0.840. The van der Waals surface area contributed by atoms with Crippen LogP contribution in [-0.4, -0.2) is 47.4 Å². The third-order valence-electron chi connectivity index (χ3n) is 4.57. The smallest absolute Gasteiger partial charge is 0.241 e. The van der Waals surface area contributed by atoms with E-state index in [0.29, 0.717) is 0 Å². The van der Waals surface area contributed by atoms with Crippen molar-refractivity contribution in [1.82, 2.24) is 15.1 Å². The molecule has 4 nitrogen and oxygen atoms in total. The third-order valence-corrected chi connectivity index (χ3v) is 5.50. The van der Waals surface area contributed by atoms with Crippen LogP contribution in [0.25, 0.3) is 0 Å². The lowest BCUT2D eigenvalue weighted by Gasteiger charge is -2.27. The molecule has 2 aliphatic rings. The van der Waals surface area contributed by atoms with Crippen molar-refractivity contribution < 1.29 is 4.79 Å². The predicted octanol–water partition coefficient (Wildman–Crippen LogP) is 2.44. The molecule has 0 aromatic carbocycles. The number of hydrogen-bond donors (Lipinski definition) is 1. The van der Waals surface area contributed by atoms with Crippen LogP contribution in [0.4, 0.5) is 0 Å². The molecule has 1 N–H and O–H groups in total. The zero-order chi connectivity index (χ0) is 14.8. The fourth-order valence-corrected chi connectivity index (χ4v) is 3.96. The van der Waals surface area contributed by atoms with Gasteiger partial charge in [0.25, 0.3) is 0 Å². The first-order chi connectivity index (χ1) is 10.2. The summed E-state index contributed by atoms with van der Waals surface area (Å²) in [6.45, 7) is 7.20. The zero-order valence-corrected chi connectivity index (χ0v) is 13.7. The Balaban J connectivity index is 1.68. The van der Waals surface area contributed by atoms with Crippen molar-refractivity contribution >= 4 is 17.2 Å². The van der Waals surface area contributed by atoms with Gasteiger partial charge in [-0.3, -0.25) is 15.0 Å². The number of thiophene rings is 1. The van der Waals surface area contributed by atoms with Crippen LogP contribution in [-0.2, 0) is 4.79 Å². The van der Waals surface area contributed by atoms with E-state index < -0.39 is 0 Å². The highest BCUT2D eigenvalue weighted by Gasteiger charge is 2.39. The molecule has 2 unspecified atom stereocenters. The molecular weight excluding hydrogens is 282 g/mol. The van der Waals surface area contributed by atoms with Crippen LogP contribution in [0.3, 0.4) is 0 Å². The number of hydrogen-bond acceptors (Lipinski definition) is 4. The van der Waals surface area contributed by atoms with Crippen molar-refractivity contribution in [3.05, 3.63) is 22.4 Å². The fraction of sp³-hybridized carbons (Fsp3) is 0.688. The summed E-state index contributed by atoms with van der Waals surface area (Å²) in [5.41, 5.74) is 0. The van der Waals surface area contributed by atoms with Crippen LogP contribution in [0.1, 0.15) is 44.2 Å². The molecule has 1 aromatic rings. The average molecular weight is 307 g/mol. The Morgan fingerprint density at radius 1 is 1.43 bits per heavy atom. The van der Waals surface area contributed by atoms with E-state index in [0.717, 1.165) is 32.1 Å². The third kappa shape index (κ3) is 3.15. The molecule has 21 heavy (non-hydrogen) atoms. The molecule has 116 valence electrons. The highest BCUT2D eigenvalue weighted by atomic mass is 32.1. The average Bonchev–Trinajstić information content (AvgIpc) is 3.08. The summed E-state index contributed by atoms with van der Waals surface area (Å²) < 4.78 is 0. The number of likely N-dealkylation sites (N-methyl/N-ethyl adjacent to an activating group) is 1. The van der Waals surface area contributed by atoms with E-state index in [-0.39, 0.29) is 18.1 Å². The monoisotopic (exact) mass is 307 g/mol. The summed E-state index contributed by atoms with van der Waals surface area (Å²) in [6, 6.07) is 4.93. The van der Waals surface area contributed by atoms with Gasteiger partial charge in [-0.2, -0.15) is 0 Å². The number of rotatable bonds is 7. The second-order valence-electron chi connectivity index (χ2n) is 5.94. The maximum Gasteiger partial charge on any atom is 0.241 e. The van der Waals surface area contributed by atoms with Crippen molar-refractivity contribution in [2.75, 3.05) is 19.6 Å². The Kier molecular flexibility index (Phi) is 4.62. The first-order valence-electron chi connectivity index (χ1n) is 8.08. The summed E-state index contributed by atoms with van der Waals surface area (Å²) >= 11 is 1.73. The van der Waals surface area contributed by atoms with Crippen molar-refractivity contribution in [3.8, 4) is 0 Å². The summed E-state index contributed by atoms with van der Waals surface area (Å²) in [6.07, 6.45) is 3.58. The van der Waals surface area contributed by atoms with Gasteiger partial charge in [0, 0.05) is 24.0 Å². The van der Waals surface area contributed by atoms with E-state index in [9.17, 15) is 4.79 Å². The lowest BCUT2D eigenvalue weighted by Crippen LogP contribution is -2.39. The van der Waals surface area contributed by atoms with Crippen LogP contribution in [0.5, 0.6) is 0 Å². The van der Waals surface area contributed by atoms with Gasteiger partial charge in [0.05, 0.1) is 6.04 Å². The van der Waals surface area contributed by atoms with Gasteiger partial charge in [0.1, 0.15) is 6.17 Å². The van der Waals surface area contributed by atoms with Crippen molar-refractivity contribution in [1.29, 1.82) is 0 Å². The normalized spacial score (nSPS) is 26.0. The summed E-state index contributed by atoms with van der Waals surface area (Å²) in [5, 5.41) is 5.58. The number of amides is 1. The molecule has 1 aromatic heterocycles. The minimum Gasteiger partial charge on any atom is -0.319 e. The molecule has 2 atom stereocenters. The van der Waals surface area contributed by atoms with E-state index in [1.54, 1.807) is 11.3 Å². The van der Waals surface area contributed by atoms with E-state index in [1.165, 1.54) is 17.7 Å². The standard InChI is InChI=1S/C16H25N3OS/c1-3-13-16(20)19(10-9-18(4-2)12-7-8-12)15(17-13)14-6-5-11-21-14/h5-6,11-13,15,17H,3-4,7-10H2,1-2H3. The van der Waals surface area contributed by atoms with Gasteiger partial charge in [-0.05, 0) is 37.3 Å². The van der Waals surface area contributed by atoms with Gasteiger partial charge in [-0.15, -0.1) is 11.3 Å². The molecule has 0 spiro atoms. The molecule has 1 saturated heterocycles. The minimum atomic E-state index is -0.0203. The molecule has 2 heterocycles. The molecule has 1 saturated carbocycles. The van der Waals surface area contributed by atoms with Gasteiger partial charge < -0.3 is 4.90 Å². The van der Waals surface area contributed by atoms with Crippen molar-refractivity contribution in [3.63, 3.8) is 0 Å². The van der Waals surface area contributed by atoms with Crippen LogP contribution in [0, 0.1) is 0 Å². The minimum absolute atomic E-state index is 0.0203. The number of nitrogens with one attached hydrogen (secondary N) is 1. The van der Waals surface area contributed by atoms with E-state index in [4.69, 9.17) is 0 Å². The van der Waals surface area contributed by atoms with Crippen LogP contribution in [0.15, 0.2) is 17.5 Å². The van der Waals surface area contributed by atoms with Crippen LogP contribution >= 0.6 is 11.3 Å². The van der Waals surface area contributed by atoms with Crippen LogP contribution < -0.4 is 5.32 Å². The van der Waals surface area contributed by atoms with Gasteiger partial charge in [-0.25, -0.2) is 0 Å². The van der Waals surface area contributed by atoms with Crippen molar-refractivity contribution in [2.24, 2.45) is 0 Å². The molecule has 1 amide bonds. The molecule has 5 heteroatoms. The van der Waals surface area contributed by atoms with Gasteiger partial charge in [0.15, 0.2) is 0 Å². The largest absolute Gasteiger partial charge is 0.319 e. The maximum atomic E-state index is 12.6. The van der Waals surface area contributed by atoms with Crippen LogP contribution in [0.2, 0.25) is 0 Å². The summed E-state index contributed by atoms with van der Waals surface area (Å²) in [4.78, 5) is 18.4. The number of carbonyl (C=O) groups is 1. The summed E-state index contributed by atoms with van der Waals surface area (Å²) in [5.74, 6) is 0.266. The molecule has 3 rings (SSSR count). The Bertz CT molecular complexity index is 472. The van der Waals surface area contributed by atoms with E-state index in [2.05, 4.69) is 41.6 Å². The maximum absolute atomic E-state index is 12.6. The number of carbonyl (C=O) groups excluding carboxylic acids is 1. The van der Waals surface area contributed by atoms with Crippen molar-refractivity contribution in [2.45, 2.75) is 51.4 Å². The molecular formula is C16H25N3OS. The van der Waals surface area contributed by atoms with E-state index >= 15 is 0 Å². The molecule has 1 aliphatic heterocycles. The zero-order valence-electron chi connectivity index (χ0n) is 12.9. The van der Waals surface area contributed by atoms with E-state index in [1.807, 2.05) is 4.90 Å². The molecule has 0 bridgehead atoms. The summed E-state index contributed by atoms with van der Waals surface area (Å²) in [7, 11) is 0. The van der Waals surface area contributed by atoms with Gasteiger partial charge >= 0.3 is 0 Å². The Morgan fingerprint density at radius 3 is 2.81 bits per heavy atom. The number of nitrogens with zero attached hydrogens (tertiary/aromatic N) is 2. The highest BCUT2D eigenvalue weighted by molar-refractivity contribution is 7.10. The SMILES string of the molecule is CCC1NC(c2cccs2)N(CCN(CC)C2CC2)C1=O. The predicted molar refractivity (Wildman–Crippen MR) is 86.3 cm³/mol. The molecule has 2 fully saturated rings. The lowest BCUT2D eigenvalue weighted by atomic mass is 10.2. The highest BCUT2D eigenvalue weighted by Crippen LogP contribution is 2.30. The first-order valence-corrected chi connectivity index (χ1v) is 8.96. The Morgan fingerprint density at radius 2 is 2.24 bits per heavy atom. The van der Waals surface area contributed by atoms with Gasteiger partial charge in [0.2, 0.25) is 5.91 Å². The second-order valence-corrected chi connectivity index (χ2v) is 6.92.